The van der Waals surface area contributed by atoms with Gasteiger partial charge in [-0.15, -0.1) is 0 Å². The van der Waals surface area contributed by atoms with E-state index in [4.69, 9.17) is 0 Å². The summed E-state index contributed by atoms with van der Waals surface area (Å²) >= 11 is 0. The van der Waals surface area contributed by atoms with Crippen LogP contribution < -0.4 is 0 Å². The zero-order valence-corrected chi connectivity index (χ0v) is 9.19. The van der Waals surface area contributed by atoms with E-state index in [0.717, 1.165) is 11.8 Å². The standard InChI is InChI=1S/C14H17N/c1-15-9-13-7-12(8-14(13)10-15)11-5-3-2-4-6-11/h2-7,13-14H,8-10H2,1H3/t13-,14+/m1/s1. The summed E-state index contributed by atoms with van der Waals surface area (Å²) in [5.41, 5.74) is 2.99. The number of rotatable bonds is 1. The van der Waals surface area contributed by atoms with Crippen LogP contribution in [0.1, 0.15) is 12.0 Å². The smallest absolute Gasteiger partial charge is 0.00449 e. The second-order valence-electron chi connectivity index (χ2n) is 4.91. The summed E-state index contributed by atoms with van der Waals surface area (Å²) in [7, 11) is 2.23. The Morgan fingerprint density at radius 2 is 1.93 bits per heavy atom. The van der Waals surface area contributed by atoms with Gasteiger partial charge in [-0.1, -0.05) is 36.4 Å². The Balaban J connectivity index is 1.84. The van der Waals surface area contributed by atoms with Crippen molar-refractivity contribution in [2.75, 3.05) is 20.1 Å². The SMILES string of the molecule is CN1C[C@@H]2CC(c3ccccc3)=C[C@@H]2C1. The molecule has 3 rings (SSSR count). The van der Waals surface area contributed by atoms with Gasteiger partial charge in [0.05, 0.1) is 0 Å². The molecule has 0 amide bonds. The first-order valence-electron chi connectivity index (χ1n) is 5.77. The van der Waals surface area contributed by atoms with Crippen molar-refractivity contribution < 1.29 is 0 Å². The van der Waals surface area contributed by atoms with Gasteiger partial charge in [0.1, 0.15) is 0 Å². The van der Waals surface area contributed by atoms with Crippen molar-refractivity contribution in [1.82, 2.24) is 4.90 Å². The van der Waals surface area contributed by atoms with Gasteiger partial charge in [-0.25, -0.2) is 0 Å². The van der Waals surface area contributed by atoms with Gasteiger partial charge in [-0.2, -0.15) is 0 Å². The third-order valence-electron chi connectivity index (χ3n) is 3.72. The summed E-state index contributed by atoms with van der Waals surface area (Å²) in [6.07, 6.45) is 3.78. The highest BCUT2D eigenvalue weighted by Crippen LogP contribution is 2.40. The number of hydrogen-bond donors (Lipinski definition) is 0. The van der Waals surface area contributed by atoms with E-state index in [9.17, 15) is 0 Å². The Kier molecular flexibility index (Phi) is 2.14. The molecule has 1 heterocycles. The highest BCUT2D eigenvalue weighted by molar-refractivity contribution is 5.68. The highest BCUT2D eigenvalue weighted by Gasteiger charge is 2.34. The van der Waals surface area contributed by atoms with Crippen LogP contribution >= 0.6 is 0 Å². The molecule has 1 heteroatoms. The van der Waals surface area contributed by atoms with Gasteiger partial charge in [0, 0.05) is 13.1 Å². The molecule has 0 bridgehead atoms. The molecule has 1 aromatic rings. The highest BCUT2D eigenvalue weighted by atomic mass is 15.1. The molecule has 1 fully saturated rings. The van der Waals surface area contributed by atoms with E-state index in [-0.39, 0.29) is 0 Å². The lowest BCUT2D eigenvalue weighted by atomic mass is 9.98. The Labute approximate surface area is 91.4 Å². The fraction of sp³-hybridized carbons (Fsp3) is 0.429. The topological polar surface area (TPSA) is 3.24 Å². The van der Waals surface area contributed by atoms with Crippen LogP contribution in [0.2, 0.25) is 0 Å². The Morgan fingerprint density at radius 3 is 2.67 bits per heavy atom. The second-order valence-corrected chi connectivity index (χ2v) is 4.91. The van der Waals surface area contributed by atoms with Crippen LogP contribution in [-0.2, 0) is 0 Å². The van der Waals surface area contributed by atoms with Crippen LogP contribution in [0.3, 0.4) is 0 Å². The van der Waals surface area contributed by atoms with Gasteiger partial charge in [0.2, 0.25) is 0 Å². The molecule has 1 aliphatic carbocycles. The predicted molar refractivity (Wildman–Crippen MR) is 63.5 cm³/mol. The molecule has 0 spiro atoms. The monoisotopic (exact) mass is 199 g/mol. The van der Waals surface area contributed by atoms with Crippen molar-refractivity contribution in [2.24, 2.45) is 11.8 Å². The molecular weight excluding hydrogens is 182 g/mol. The molecule has 2 atom stereocenters. The van der Waals surface area contributed by atoms with E-state index in [2.05, 4.69) is 48.4 Å². The molecule has 0 N–H and O–H groups in total. The number of allylic oxidation sites excluding steroid dienone is 1. The second kappa shape index (κ2) is 3.49. The molecule has 0 saturated carbocycles. The maximum absolute atomic E-state index is 2.50. The van der Waals surface area contributed by atoms with Crippen LogP contribution in [0.5, 0.6) is 0 Å². The minimum Gasteiger partial charge on any atom is -0.305 e. The maximum Gasteiger partial charge on any atom is 0.00449 e. The fourth-order valence-electron chi connectivity index (χ4n) is 3.00. The molecule has 1 aliphatic heterocycles. The van der Waals surface area contributed by atoms with E-state index >= 15 is 0 Å². The minimum atomic E-state index is 0.810. The van der Waals surface area contributed by atoms with Gasteiger partial charge >= 0.3 is 0 Å². The van der Waals surface area contributed by atoms with E-state index in [1.807, 2.05) is 0 Å². The molecule has 2 aliphatic rings. The molecule has 0 radical (unpaired) electrons. The van der Waals surface area contributed by atoms with Gasteiger partial charge in [-0.05, 0) is 36.4 Å². The summed E-state index contributed by atoms with van der Waals surface area (Å²) in [6, 6.07) is 10.8. The number of fused-ring (bicyclic) bond motifs is 1. The lowest BCUT2D eigenvalue weighted by Crippen LogP contribution is -2.14. The van der Waals surface area contributed by atoms with Crippen LogP contribution in [0.4, 0.5) is 0 Å². The zero-order valence-electron chi connectivity index (χ0n) is 9.19. The summed E-state index contributed by atoms with van der Waals surface area (Å²) in [6.45, 7) is 2.53. The van der Waals surface area contributed by atoms with Gasteiger partial charge in [0.15, 0.2) is 0 Å². The van der Waals surface area contributed by atoms with Crippen molar-refractivity contribution in [3.05, 3.63) is 42.0 Å². The number of hydrogen-bond acceptors (Lipinski definition) is 1. The third kappa shape index (κ3) is 1.61. The van der Waals surface area contributed by atoms with E-state index in [1.54, 1.807) is 5.57 Å². The van der Waals surface area contributed by atoms with Gasteiger partial charge in [-0.3, -0.25) is 0 Å². The predicted octanol–water partition coefficient (Wildman–Crippen LogP) is 2.65. The van der Waals surface area contributed by atoms with Crippen LogP contribution in [0, 0.1) is 11.8 Å². The minimum absolute atomic E-state index is 0.810. The van der Waals surface area contributed by atoms with Crippen molar-refractivity contribution >= 4 is 5.57 Å². The normalized spacial score (nSPS) is 30.3. The van der Waals surface area contributed by atoms with Crippen LogP contribution in [0.25, 0.3) is 5.57 Å². The maximum atomic E-state index is 2.50. The van der Waals surface area contributed by atoms with Crippen LogP contribution in [-0.4, -0.2) is 25.0 Å². The Hall–Kier alpha value is -1.08. The molecule has 1 aromatic carbocycles. The van der Waals surface area contributed by atoms with Gasteiger partial charge < -0.3 is 4.90 Å². The lowest BCUT2D eigenvalue weighted by Gasteiger charge is -2.09. The van der Waals surface area contributed by atoms with Crippen molar-refractivity contribution in [2.45, 2.75) is 6.42 Å². The van der Waals surface area contributed by atoms with E-state index in [1.165, 1.54) is 25.1 Å². The summed E-state index contributed by atoms with van der Waals surface area (Å²) in [5, 5.41) is 0. The van der Waals surface area contributed by atoms with Gasteiger partial charge in [0.25, 0.3) is 0 Å². The van der Waals surface area contributed by atoms with Crippen LogP contribution in [0.15, 0.2) is 36.4 Å². The molecule has 1 saturated heterocycles. The quantitative estimate of drug-likeness (QED) is 0.672. The summed E-state index contributed by atoms with van der Waals surface area (Å²) < 4.78 is 0. The first kappa shape index (κ1) is 9.17. The summed E-state index contributed by atoms with van der Waals surface area (Å²) in [4.78, 5) is 2.45. The average Bonchev–Trinajstić information content (AvgIpc) is 2.76. The summed E-state index contributed by atoms with van der Waals surface area (Å²) in [5.74, 6) is 1.69. The van der Waals surface area contributed by atoms with Crippen molar-refractivity contribution in [3.8, 4) is 0 Å². The lowest BCUT2D eigenvalue weighted by molar-refractivity contribution is 0.395. The number of likely N-dealkylation sites (tertiary alicyclic amines) is 1. The van der Waals surface area contributed by atoms with Crippen molar-refractivity contribution in [3.63, 3.8) is 0 Å². The third-order valence-corrected chi connectivity index (χ3v) is 3.72. The van der Waals surface area contributed by atoms with E-state index < -0.39 is 0 Å². The molecule has 0 aromatic heterocycles. The van der Waals surface area contributed by atoms with Crippen molar-refractivity contribution in [1.29, 1.82) is 0 Å². The molecule has 1 nitrogen and oxygen atoms in total. The molecular formula is C14H17N. The number of nitrogens with zero attached hydrogens (tertiary/aromatic N) is 1. The largest absolute Gasteiger partial charge is 0.305 e. The first-order valence-corrected chi connectivity index (χ1v) is 5.77. The Bertz CT molecular complexity index is 380. The fourth-order valence-corrected chi connectivity index (χ4v) is 3.00. The Morgan fingerprint density at radius 1 is 1.13 bits per heavy atom. The zero-order chi connectivity index (χ0) is 10.3. The molecule has 15 heavy (non-hydrogen) atoms. The molecule has 0 unspecified atom stereocenters. The number of benzene rings is 1. The van der Waals surface area contributed by atoms with E-state index in [0.29, 0.717) is 0 Å². The molecule has 78 valence electrons. The first-order chi connectivity index (χ1) is 7.33. The average molecular weight is 199 g/mol.